The molecule has 3 nitrogen and oxygen atoms in total. The van der Waals surface area contributed by atoms with E-state index in [1.807, 2.05) is 24.3 Å². The monoisotopic (exact) mass is 247 g/mol. The van der Waals surface area contributed by atoms with Gasteiger partial charge < -0.3 is 10.4 Å². The molecule has 1 aliphatic carbocycles. The summed E-state index contributed by atoms with van der Waals surface area (Å²) in [6.07, 6.45) is 4.08. The van der Waals surface area contributed by atoms with E-state index in [9.17, 15) is 4.79 Å². The van der Waals surface area contributed by atoms with Crippen molar-refractivity contribution in [3.8, 4) is 0 Å². The van der Waals surface area contributed by atoms with Crippen molar-refractivity contribution in [1.82, 2.24) is 5.32 Å². The number of hydrogen-bond acceptors (Lipinski definition) is 2. The van der Waals surface area contributed by atoms with Gasteiger partial charge in [-0.1, -0.05) is 31.2 Å². The number of carbonyl (C=O) groups is 1. The van der Waals surface area contributed by atoms with Gasteiger partial charge in [-0.3, -0.25) is 4.79 Å². The maximum atomic E-state index is 10.6. The lowest BCUT2D eigenvalue weighted by Crippen LogP contribution is -2.23. The minimum absolute atomic E-state index is 0.104. The number of aliphatic carboxylic acids is 1. The standard InChI is InChI=1S/C15H21NO2/c1-2-15(7-8-15)11-16-10-13-5-3-12(4-6-13)9-14(17)18/h3-6,16H,2,7-11H2,1H3,(H,17,18). The Morgan fingerprint density at radius 2 is 1.89 bits per heavy atom. The number of benzene rings is 1. The average molecular weight is 247 g/mol. The first kappa shape index (κ1) is 13.1. The Morgan fingerprint density at radius 1 is 1.28 bits per heavy atom. The van der Waals surface area contributed by atoms with E-state index in [1.165, 1.54) is 24.8 Å². The van der Waals surface area contributed by atoms with Crippen LogP contribution in [0, 0.1) is 5.41 Å². The molecule has 0 aromatic heterocycles. The Labute approximate surface area is 108 Å². The molecule has 0 radical (unpaired) electrons. The van der Waals surface area contributed by atoms with E-state index in [1.54, 1.807) is 0 Å². The molecule has 0 amide bonds. The molecule has 0 saturated heterocycles. The van der Waals surface area contributed by atoms with E-state index in [-0.39, 0.29) is 6.42 Å². The topological polar surface area (TPSA) is 49.3 Å². The van der Waals surface area contributed by atoms with Gasteiger partial charge >= 0.3 is 5.97 Å². The number of carboxylic acid groups (broad SMARTS) is 1. The Bertz CT molecular complexity index is 407. The SMILES string of the molecule is CCC1(CNCc2ccc(CC(=O)O)cc2)CC1. The van der Waals surface area contributed by atoms with Gasteiger partial charge in [-0.25, -0.2) is 0 Å². The highest BCUT2D eigenvalue weighted by Crippen LogP contribution is 2.47. The van der Waals surface area contributed by atoms with Gasteiger partial charge in [0.1, 0.15) is 0 Å². The van der Waals surface area contributed by atoms with Crippen LogP contribution in [-0.4, -0.2) is 17.6 Å². The van der Waals surface area contributed by atoms with Crippen molar-refractivity contribution in [3.63, 3.8) is 0 Å². The van der Waals surface area contributed by atoms with E-state index < -0.39 is 5.97 Å². The van der Waals surface area contributed by atoms with Gasteiger partial charge in [0.15, 0.2) is 0 Å². The molecule has 0 unspecified atom stereocenters. The van der Waals surface area contributed by atoms with Crippen LogP contribution in [0.3, 0.4) is 0 Å². The highest BCUT2D eigenvalue weighted by Gasteiger charge is 2.39. The molecule has 1 fully saturated rings. The second-order valence-electron chi connectivity index (χ2n) is 5.34. The molecule has 0 aliphatic heterocycles. The normalized spacial score (nSPS) is 16.5. The van der Waals surface area contributed by atoms with E-state index >= 15 is 0 Å². The summed E-state index contributed by atoms with van der Waals surface area (Å²) in [5, 5.41) is 12.2. The fourth-order valence-corrected chi connectivity index (χ4v) is 2.25. The predicted molar refractivity (Wildman–Crippen MR) is 71.4 cm³/mol. The Morgan fingerprint density at radius 3 is 2.39 bits per heavy atom. The summed E-state index contributed by atoms with van der Waals surface area (Å²) in [6.45, 7) is 4.23. The molecule has 1 saturated carbocycles. The zero-order valence-corrected chi connectivity index (χ0v) is 10.9. The lowest BCUT2D eigenvalue weighted by molar-refractivity contribution is -0.136. The van der Waals surface area contributed by atoms with Crippen LogP contribution < -0.4 is 5.32 Å². The summed E-state index contributed by atoms with van der Waals surface area (Å²) in [5.74, 6) is -0.778. The molecule has 0 atom stereocenters. The van der Waals surface area contributed by atoms with Crippen molar-refractivity contribution in [3.05, 3.63) is 35.4 Å². The zero-order valence-electron chi connectivity index (χ0n) is 10.9. The zero-order chi connectivity index (χ0) is 13.0. The van der Waals surface area contributed by atoms with Crippen LogP contribution in [0.5, 0.6) is 0 Å². The van der Waals surface area contributed by atoms with Crippen LogP contribution in [-0.2, 0) is 17.8 Å². The molecule has 2 N–H and O–H groups in total. The third-order valence-electron chi connectivity index (χ3n) is 3.91. The molecular formula is C15H21NO2. The van der Waals surface area contributed by atoms with Crippen LogP contribution in [0.25, 0.3) is 0 Å². The lowest BCUT2D eigenvalue weighted by atomic mass is 10.0. The van der Waals surface area contributed by atoms with Crippen molar-refractivity contribution in [2.24, 2.45) is 5.41 Å². The highest BCUT2D eigenvalue weighted by atomic mass is 16.4. The Hall–Kier alpha value is -1.35. The smallest absolute Gasteiger partial charge is 0.307 e. The molecule has 98 valence electrons. The van der Waals surface area contributed by atoms with Crippen LogP contribution >= 0.6 is 0 Å². The first-order valence-corrected chi connectivity index (χ1v) is 6.64. The maximum Gasteiger partial charge on any atom is 0.307 e. The molecule has 1 aliphatic rings. The fraction of sp³-hybridized carbons (Fsp3) is 0.533. The Kier molecular flexibility index (Phi) is 4.02. The van der Waals surface area contributed by atoms with Gasteiger partial charge in [-0.05, 0) is 35.8 Å². The van der Waals surface area contributed by atoms with Gasteiger partial charge in [-0.15, -0.1) is 0 Å². The third-order valence-corrected chi connectivity index (χ3v) is 3.91. The second kappa shape index (κ2) is 5.53. The van der Waals surface area contributed by atoms with Crippen LogP contribution in [0.15, 0.2) is 24.3 Å². The predicted octanol–water partition coefficient (Wildman–Crippen LogP) is 2.59. The second-order valence-corrected chi connectivity index (χ2v) is 5.34. The minimum Gasteiger partial charge on any atom is -0.481 e. The fourth-order valence-electron chi connectivity index (χ4n) is 2.25. The molecule has 0 heterocycles. The largest absolute Gasteiger partial charge is 0.481 e. The highest BCUT2D eigenvalue weighted by molar-refractivity contribution is 5.70. The summed E-state index contributed by atoms with van der Waals surface area (Å²) in [4.78, 5) is 10.6. The molecular weight excluding hydrogens is 226 g/mol. The first-order valence-electron chi connectivity index (χ1n) is 6.64. The van der Waals surface area contributed by atoms with Gasteiger partial charge in [0.05, 0.1) is 6.42 Å². The van der Waals surface area contributed by atoms with Crippen molar-refractivity contribution in [2.75, 3.05) is 6.54 Å². The van der Waals surface area contributed by atoms with E-state index in [0.717, 1.165) is 18.7 Å². The maximum absolute atomic E-state index is 10.6. The van der Waals surface area contributed by atoms with Gasteiger partial charge in [0, 0.05) is 13.1 Å². The first-order chi connectivity index (χ1) is 8.63. The number of nitrogens with one attached hydrogen (secondary N) is 1. The molecule has 2 rings (SSSR count). The molecule has 1 aromatic carbocycles. The average Bonchev–Trinajstić information content (AvgIpc) is 3.11. The summed E-state index contributed by atoms with van der Waals surface area (Å²) in [6, 6.07) is 7.82. The molecule has 0 bridgehead atoms. The van der Waals surface area contributed by atoms with Crippen LogP contribution in [0.2, 0.25) is 0 Å². The van der Waals surface area contributed by atoms with Gasteiger partial charge in [0.2, 0.25) is 0 Å². The molecule has 0 spiro atoms. The quantitative estimate of drug-likeness (QED) is 0.778. The van der Waals surface area contributed by atoms with Crippen molar-refractivity contribution in [2.45, 2.75) is 39.2 Å². The third kappa shape index (κ3) is 3.57. The van der Waals surface area contributed by atoms with Crippen molar-refractivity contribution < 1.29 is 9.90 Å². The summed E-state index contributed by atoms with van der Waals surface area (Å²) in [5.41, 5.74) is 2.65. The number of carboxylic acids is 1. The summed E-state index contributed by atoms with van der Waals surface area (Å²) < 4.78 is 0. The summed E-state index contributed by atoms with van der Waals surface area (Å²) >= 11 is 0. The summed E-state index contributed by atoms with van der Waals surface area (Å²) in [7, 11) is 0. The Balaban J connectivity index is 1.77. The van der Waals surface area contributed by atoms with Crippen LogP contribution in [0.4, 0.5) is 0 Å². The van der Waals surface area contributed by atoms with Crippen LogP contribution in [0.1, 0.15) is 37.3 Å². The molecule has 1 aromatic rings. The van der Waals surface area contributed by atoms with E-state index in [0.29, 0.717) is 5.41 Å². The van der Waals surface area contributed by atoms with Gasteiger partial charge in [-0.2, -0.15) is 0 Å². The van der Waals surface area contributed by atoms with E-state index in [2.05, 4.69) is 12.2 Å². The van der Waals surface area contributed by atoms with Crippen molar-refractivity contribution in [1.29, 1.82) is 0 Å². The van der Waals surface area contributed by atoms with Crippen molar-refractivity contribution >= 4 is 5.97 Å². The minimum atomic E-state index is -0.778. The molecule has 18 heavy (non-hydrogen) atoms. The number of rotatable bonds is 7. The molecule has 3 heteroatoms. The van der Waals surface area contributed by atoms with E-state index in [4.69, 9.17) is 5.11 Å². The van der Waals surface area contributed by atoms with Gasteiger partial charge in [0.25, 0.3) is 0 Å². The lowest BCUT2D eigenvalue weighted by Gasteiger charge is -2.13. The number of hydrogen-bond donors (Lipinski definition) is 2.